The molecule has 3 aromatic rings. The molecule has 0 spiro atoms. The molecule has 4 rings (SSSR count). The van der Waals surface area contributed by atoms with Crippen LogP contribution in [0.3, 0.4) is 0 Å². The van der Waals surface area contributed by atoms with Crippen molar-refractivity contribution in [3.8, 4) is 22.8 Å². The lowest BCUT2D eigenvalue weighted by Crippen LogP contribution is -2.25. The molecule has 2 aromatic heterocycles. The van der Waals surface area contributed by atoms with Gasteiger partial charge in [-0.15, -0.1) is 8.78 Å². The van der Waals surface area contributed by atoms with Crippen molar-refractivity contribution < 1.29 is 23.0 Å². The van der Waals surface area contributed by atoms with Gasteiger partial charge in [0, 0.05) is 24.9 Å². The first kappa shape index (κ1) is 18.5. The van der Waals surface area contributed by atoms with Crippen LogP contribution in [0.25, 0.3) is 11.3 Å². The zero-order valence-electron chi connectivity index (χ0n) is 14.0. The minimum absolute atomic E-state index is 0.127. The van der Waals surface area contributed by atoms with Crippen molar-refractivity contribution in [2.75, 3.05) is 5.32 Å². The van der Waals surface area contributed by atoms with E-state index >= 15 is 0 Å². The second-order valence-electron chi connectivity index (χ2n) is 5.81. The zero-order valence-corrected chi connectivity index (χ0v) is 15.6. The maximum absolute atomic E-state index is 13.2. The topological polar surface area (TPSA) is 78.3 Å². The van der Waals surface area contributed by atoms with E-state index in [1.54, 1.807) is 23.9 Å². The SMILES string of the molecule is Cn1ccc(Cl)c1C(=O)Nc1cnc(-c2cc3c(cc2Cl)OC(F)(F)O3)cn1. The minimum atomic E-state index is -3.75. The van der Waals surface area contributed by atoms with Gasteiger partial charge in [-0.1, -0.05) is 23.2 Å². The minimum Gasteiger partial charge on any atom is -0.395 e. The Morgan fingerprint density at radius 3 is 2.46 bits per heavy atom. The van der Waals surface area contributed by atoms with Crippen LogP contribution in [0.2, 0.25) is 10.0 Å². The Labute approximate surface area is 166 Å². The smallest absolute Gasteiger partial charge is 0.395 e. The van der Waals surface area contributed by atoms with Gasteiger partial charge in [-0.25, -0.2) is 4.98 Å². The highest BCUT2D eigenvalue weighted by Crippen LogP contribution is 2.45. The van der Waals surface area contributed by atoms with Gasteiger partial charge in [0.15, 0.2) is 17.3 Å². The molecule has 7 nitrogen and oxygen atoms in total. The molecular weight excluding hydrogens is 417 g/mol. The number of benzene rings is 1. The van der Waals surface area contributed by atoms with Gasteiger partial charge in [0.2, 0.25) is 0 Å². The molecule has 0 aliphatic carbocycles. The van der Waals surface area contributed by atoms with Gasteiger partial charge in [-0.2, -0.15) is 0 Å². The Balaban J connectivity index is 1.57. The van der Waals surface area contributed by atoms with E-state index in [1.165, 1.54) is 24.5 Å². The van der Waals surface area contributed by atoms with Gasteiger partial charge in [-0.05, 0) is 12.1 Å². The number of carbonyl (C=O) groups is 1. The summed E-state index contributed by atoms with van der Waals surface area (Å²) in [5, 5.41) is 3.00. The number of nitrogens with zero attached hydrogens (tertiary/aromatic N) is 3. The standard InChI is InChI=1S/C17H10Cl2F2N4O3/c1-25-3-2-9(18)15(25)16(26)24-14-7-22-11(6-23-14)8-4-12-13(5-10(8)19)28-17(20,21)27-12/h2-7H,1H3,(H,23,24,26). The molecule has 0 bridgehead atoms. The lowest BCUT2D eigenvalue weighted by molar-refractivity contribution is -0.286. The molecule has 0 atom stereocenters. The second kappa shape index (κ2) is 6.61. The number of halogens is 4. The summed E-state index contributed by atoms with van der Waals surface area (Å²) in [6.07, 6.45) is 0.545. The van der Waals surface area contributed by atoms with E-state index in [9.17, 15) is 13.6 Å². The lowest BCUT2D eigenvalue weighted by Gasteiger charge is -2.08. The fourth-order valence-electron chi connectivity index (χ4n) is 2.64. The largest absolute Gasteiger partial charge is 0.586 e. The van der Waals surface area contributed by atoms with Crippen LogP contribution in [0.1, 0.15) is 10.5 Å². The number of anilines is 1. The predicted octanol–water partition coefficient (Wildman–Crippen LogP) is 4.36. The molecule has 1 N–H and O–H groups in total. The van der Waals surface area contributed by atoms with Gasteiger partial charge in [0.1, 0.15) is 5.69 Å². The van der Waals surface area contributed by atoms with Crippen molar-refractivity contribution in [3.05, 3.63) is 52.5 Å². The molecular formula is C17H10Cl2F2N4O3. The molecule has 1 aliphatic heterocycles. The van der Waals surface area contributed by atoms with Crippen LogP contribution in [-0.4, -0.2) is 26.7 Å². The lowest BCUT2D eigenvalue weighted by atomic mass is 10.1. The molecule has 28 heavy (non-hydrogen) atoms. The number of ether oxygens (including phenoxy) is 2. The fraction of sp³-hybridized carbons (Fsp3) is 0.118. The second-order valence-corrected chi connectivity index (χ2v) is 6.62. The number of carbonyl (C=O) groups excluding carboxylic acids is 1. The average molecular weight is 427 g/mol. The Morgan fingerprint density at radius 2 is 1.86 bits per heavy atom. The number of hydrogen-bond acceptors (Lipinski definition) is 5. The molecule has 0 saturated heterocycles. The van der Waals surface area contributed by atoms with Gasteiger partial charge in [0.25, 0.3) is 5.91 Å². The Bertz CT molecular complexity index is 1070. The van der Waals surface area contributed by atoms with Crippen LogP contribution in [0.15, 0.2) is 36.8 Å². The number of aromatic nitrogens is 3. The normalized spacial score (nSPS) is 14.2. The molecule has 3 heterocycles. The molecule has 1 aliphatic rings. The van der Waals surface area contributed by atoms with Crippen LogP contribution in [0.4, 0.5) is 14.6 Å². The molecule has 1 aromatic carbocycles. The van der Waals surface area contributed by atoms with E-state index in [-0.39, 0.29) is 28.0 Å². The summed E-state index contributed by atoms with van der Waals surface area (Å²) in [5.74, 6) is -0.616. The first-order valence-electron chi connectivity index (χ1n) is 7.77. The highest BCUT2D eigenvalue weighted by molar-refractivity contribution is 6.34. The summed E-state index contributed by atoms with van der Waals surface area (Å²) >= 11 is 12.1. The van der Waals surface area contributed by atoms with Gasteiger partial charge in [0.05, 0.1) is 28.1 Å². The fourth-order valence-corrected chi connectivity index (χ4v) is 3.17. The number of amides is 1. The van der Waals surface area contributed by atoms with Crippen molar-refractivity contribution >= 4 is 34.9 Å². The summed E-state index contributed by atoms with van der Waals surface area (Å²) in [5.41, 5.74) is 0.881. The van der Waals surface area contributed by atoms with Crippen LogP contribution in [0.5, 0.6) is 11.5 Å². The highest BCUT2D eigenvalue weighted by Gasteiger charge is 2.43. The number of fused-ring (bicyclic) bond motifs is 1. The van der Waals surface area contributed by atoms with E-state index in [0.717, 1.165) is 0 Å². The van der Waals surface area contributed by atoms with E-state index in [4.69, 9.17) is 23.2 Å². The molecule has 1 amide bonds. The molecule has 0 saturated carbocycles. The van der Waals surface area contributed by atoms with Crippen molar-refractivity contribution in [1.29, 1.82) is 0 Å². The van der Waals surface area contributed by atoms with Crippen molar-refractivity contribution in [1.82, 2.24) is 14.5 Å². The summed E-state index contributed by atoms with van der Waals surface area (Å²) in [6, 6.07) is 4.09. The van der Waals surface area contributed by atoms with E-state index in [0.29, 0.717) is 16.3 Å². The van der Waals surface area contributed by atoms with Crippen molar-refractivity contribution in [3.63, 3.8) is 0 Å². The Kier molecular flexibility index (Phi) is 4.35. The molecule has 144 valence electrons. The molecule has 0 radical (unpaired) electrons. The van der Waals surface area contributed by atoms with Crippen molar-refractivity contribution in [2.45, 2.75) is 6.29 Å². The quantitative estimate of drug-likeness (QED) is 0.672. The Hall–Kier alpha value is -2.91. The van der Waals surface area contributed by atoms with Gasteiger partial charge >= 0.3 is 6.29 Å². The van der Waals surface area contributed by atoms with E-state index in [1.807, 2.05) is 0 Å². The van der Waals surface area contributed by atoms with Crippen LogP contribution < -0.4 is 14.8 Å². The van der Waals surface area contributed by atoms with Gasteiger partial charge in [-0.3, -0.25) is 9.78 Å². The molecule has 0 unspecified atom stereocenters. The third-order valence-electron chi connectivity index (χ3n) is 3.90. The number of aryl methyl sites for hydroxylation is 1. The number of alkyl halides is 2. The summed E-state index contributed by atoms with van der Waals surface area (Å²) < 4.78 is 36.7. The van der Waals surface area contributed by atoms with Gasteiger partial charge < -0.3 is 19.4 Å². The number of nitrogens with one attached hydrogen (secondary N) is 1. The average Bonchev–Trinajstić information content (AvgIpc) is 3.11. The summed E-state index contributed by atoms with van der Waals surface area (Å²) in [4.78, 5) is 20.6. The number of hydrogen-bond donors (Lipinski definition) is 1. The maximum atomic E-state index is 13.2. The van der Waals surface area contributed by atoms with Crippen LogP contribution in [-0.2, 0) is 7.05 Å². The third kappa shape index (κ3) is 3.34. The first-order valence-corrected chi connectivity index (χ1v) is 8.53. The van der Waals surface area contributed by atoms with E-state index in [2.05, 4.69) is 24.8 Å². The van der Waals surface area contributed by atoms with Crippen molar-refractivity contribution in [2.24, 2.45) is 7.05 Å². The highest BCUT2D eigenvalue weighted by atomic mass is 35.5. The molecule has 0 fully saturated rings. The number of rotatable bonds is 3. The monoisotopic (exact) mass is 426 g/mol. The van der Waals surface area contributed by atoms with Crippen LogP contribution in [0, 0.1) is 0 Å². The first-order chi connectivity index (χ1) is 13.2. The predicted molar refractivity (Wildman–Crippen MR) is 97.1 cm³/mol. The summed E-state index contributed by atoms with van der Waals surface area (Å²) in [7, 11) is 1.68. The molecule has 11 heteroatoms. The van der Waals surface area contributed by atoms with Crippen LogP contribution >= 0.6 is 23.2 Å². The van der Waals surface area contributed by atoms with E-state index < -0.39 is 12.2 Å². The third-order valence-corrected chi connectivity index (χ3v) is 4.52. The Morgan fingerprint density at radius 1 is 1.14 bits per heavy atom. The zero-order chi connectivity index (χ0) is 20.1. The maximum Gasteiger partial charge on any atom is 0.586 e. The summed E-state index contributed by atoms with van der Waals surface area (Å²) in [6.45, 7) is 0.